The Morgan fingerprint density at radius 3 is 2.76 bits per heavy atom. The second-order valence-electron chi connectivity index (χ2n) is 6.19. The normalized spacial score (nSPS) is 19.5. The molecule has 2 heterocycles. The van der Waals surface area contributed by atoms with Crippen LogP contribution in [0.5, 0.6) is 5.88 Å². The van der Waals surface area contributed by atoms with E-state index in [1.807, 2.05) is 31.6 Å². The lowest BCUT2D eigenvalue weighted by atomic mass is 10.1. The molecule has 0 spiro atoms. The predicted molar refractivity (Wildman–Crippen MR) is 87.6 cm³/mol. The van der Waals surface area contributed by atoms with E-state index in [0.717, 1.165) is 23.0 Å². The Balaban J connectivity index is 2.04. The van der Waals surface area contributed by atoms with Gasteiger partial charge in [-0.15, -0.1) is 5.10 Å². The molecule has 0 aliphatic carbocycles. The van der Waals surface area contributed by atoms with E-state index in [-0.39, 0.29) is 12.1 Å². The average molecular weight is 407 g/mol. The average Bonchev–Trinajstić information content (AvgIpc) is 2.78. The van der Waals surface area contributed by atoms with Crippen molar-refractivity contribution in [1.82, 2.24) is 14.7 Å². The standard InChI is InChI=1S/C14H22IN3O3/c1-14(2,3)21-13(19)17-7-5-6-10(8-17)18-9-11(15)12(16-18)20-4/h9-10H,5-8H2,1-4H3. The SMILES string of the molecule is COc1nn(C2CCCN(C(=O)OC(C)(C)C)C2)cc1I. The number of methoxy groups -OCH3 is 1. The predicted octanol–water partition coefficient (Wildman–Crippen LogP) is 3.07. The molecule has 1 saturated heterocycles. The van der Waals surface area contributed by atoms with Crippen LogP contribution in [0.2, 0.25) is 0 Å². The van der Waals surface area contributed by atoms with Crippen molar-refractivity contribution in [2.45, 2.75) is 45.3 Å². The monoisotopic (exact) mass is 407 g/mol. The van der Waals surface area contributed by atoms with Crippen molar-refractivity contribution in [2.75, 3.05) is 20.2 Å². The van der Waals surface area contributed by atoms with E-state index < -0.39 is 5.60 Å². The highest BCUT2D eigenvalue weighted by Gasteiger charge is 2.29. The van der Waals surface area contributed by atoms with Gasteiger partial charge in [-0.3, -0.25) is 4.68 Å². The number of carbonyl (C=O) groups excluding carboxylic acids is 1. The van der Waals surface area contributed by atoms with E-state index >= 15 is 0 Å². The summed E-state index contributed by atoms with van der Waals surface area (Å²) < 4.78 is 13.5. The number of piperidine rings is 1. The molecule has 0 saturated carbocycles. The fourth-order valence-corrected chi connectivity index (χ4v) is 2.95. The molecule has 0 aromatic carbocycles. The molecule has 0 N–H and O–H groups in total. The lowest BCUT2D eigenvalue weighted by Crippen LogP contribution is -2.43. The number of nitrogens with zero attached hydrogens (tertiary/aromatic N) is 3. The van der Waals surface area contributed by atoms with Crippen molar-refractivity contribution in [3.63, 3.8) is 0 Å². The van der Waals surface area contributed by atoms with Crippen LogP contribution in [0.3, 0.4) is 0 Å². The minimum Gasteiger partial charge on any atom is -0.479 e. The van der Waals surface area contributed by atoms with Gasteiger partial charge in [-0.1, -0.05) is 0 Å². The third-order valence-electron chi connectivity index (χ3n) is 3.27. The smallest absolute Gasteiger partial charge is 0.410 e. The molecule has 118 valence electrons. The molecule has 1 fully saturated rings. The van der Waals surface area contributed by atoms with Crippen LogP contribution < -0.4 is 4.74 Å². The van der Waals surface area contributed by atoms with Crippen LogP contribution in [0.4, 0.5) is 4.79 Å². The number of hydrogen-bond donors (Lipinski definition) is 0. The number of halogens is 1. The summed E-state index contributed by atoms with van der Waals surface area (Å²) >= 11 is 2.20. The maximum Gasteiger partial charge on any atom is 0.410 e. The first-order chi connectivity index (χ1) is 9.80. The Bertz CT molecular complexity index is 510. The van der Waals surface area contributed by atoms with Crippen LogP contribution in [0.15, 0.2) is 6.20 Å². The number of likely N-dealkylation sites (tertiary alicyclic amines) is 1. The van der Waals surface area contributed by atoms with Crippen LogP contribution in [0, 0.1) is 3.57 Å². The number of ether oxygens (including phenoxy) is 2. The van der Waals surface area contributed by atoms with Crippen molar-refractivity contribution >= 4 is 28.7 Å². The molecule has 1 aliphatic rings. The summed E-state index contributed by atoms with van der Waals surface area (Å²) in [5, 5.41) is 4.43. The fourth-order valence-electron chi connectivity index (χ4n) is 2.34. The van der Waals surface area contributed by atoms with Gasteiger partial charge in [-0.05, 0) is 56.2 Å². The van der Waals surface area contributed by atoms with Crippen molar-refractivity contribution in [1.29, 1.82) is 0 Å². The second kappa shape index (κ2) is 6.41. The molecule has 1 aliphatic heterocycles. The van der Waals surface area contributed by atoms with Gasteiger partial charge >= 0.3 is 6.09 Å². The van der Waals surface area contributed by atoms with Crippen LogP contribution in [0.25, 0.3) is 0 Å². The number of aromatic nitrogens is 2. The summed E-state index contributed by atoms with van der Waals surface area (Å²) in [5.41, 5.74) is -0.464. The van der Waals surface area contributed by atoms with Gasteiger partial charge in [0.1, 0.15) is 5.60 Å². The van der Waals surface area contributed by atoms with Crippen LogP contribution in [0.1, 0.15) is 39.7 Å². The maximum atomic E-state index is 12.2. The van der Waals surface area contributed by atoms with Crippen molar-refractivity contribution in [3.8, 4) is 5.88 Å². The first-order valence-electron chi connectivity index (χ1n) is 7.06. The summed E-state index contributed by atoms with van der Waals surface area (Å²) in [7, 11) is 1.61. The van der Waals surface area contributed by atoms with Gasteiger partial charge in [0.25, 0.3) is 0 Å². The van der Waals surface area contributed by atoms with Gasteiger partial charge in [0.15, 0.2) is 0 Å². The zero-order chi connectivity index (χ0) is 15.6. The van der Waals surface area contributed by atoms with E-state index in [2.05, 4.69) is 27.7 Å². The van der Waals surface area contributed by atoms with Gasteiger partial charge in [0.05, 0.1) is 16.7 Å². The van der Waals surface area contributed by atoms with Gasteiger partial charge in [0.2, 0.25) is 5.88 Å². The van der Waals surface area contributed by atoms with Gasteiger partial charge in [0, 0.05) is 19.3 Å². The van der Waals surface area contributed by atoms with Crippen LogP contribution in [-0.2, 0) is 4.74 Å². The molecular formula is C14H22IN3O3. The van der Waals surface area contributed by atoms with Gasteiger partial charge in [-0.25, -0.2) is 4.79 Å². The molecule has 7 heteroatoms. The summed E-state index contributed by atoms with van der Waals surface area (Å²) in [6.45, 7) is 7.00. The first-order valence-corrected chi connectivity index (χ1v) is 8.14. The number of rotatable bonds is 2. The quantitative estimate of drug-likeness (QED) is 0.708. The summed E-state index contributed by atoms with van der Waals surface area (Å²) in [6.07, 6.45) is 3.66. The number of hydrogen-bond acceptors (Lipinski definition) is 4. The lowest BCUT2D eigenvalue weighted by molar-refractivity contribution is 0.0167. The highest BCUT2D eigenvalue weighted by atomic mass is 127. The van der Waals surface area contributed by atoms with Crippen molar-refractivity contribution in [2.24, 2.45) is 0 Å². The Hall–Kier alpha value is -0.990. The maximum absolute atomic E-state index is 12.2. The Labute approximate surface area is 138 Å². The third kappa shape index (κ3) is 4.24. The molecule has 1 aromatic heterocycles. The summed E-state index contributed by atoms with van der Waals surface area (Å²) in [4.78, 5) is 13.9. The zero-order valence-electron chi connectivity index (χ0n) is 12.9. The topological polar surface area (TPSA) is 56.6 Å². The molecule has 6 nitrogen and oxygen atoms in total. The van der Waals surface area contributed by atoms with E-state index in [4.69, 9.17) is 9.47 Å². The van der Waals surface area contributed by atoms with Crippen LogP contribution >= 0.6 is 22.6 Å². The molecule has 1 amide bonds. The molecular weight excluding hydrogens is 385 g/mol. The van der Waals surface area contributed by atoms with Gasteiger partial charge < -0.3 is 14.4 Å². The van der Waals surface area contributed by atoms with Crippen molar-refractivity contribution < 1.29 is 14.3 Å². The Morgan fingerprint density at radius 1 is 1.48 bits per heavy atom. The highest BCUT2D eigenvalue weighted by Crippen LogP contribution is 2.26. The molecule has 0 bridgehead atoms. The Morgan fingerprint density at radius 2 is 2.19 bits per heavy atom. The summed E-state index contributed by atoms with van der Waals surface area (Å²) in [5.74, 6) is 0.630. The minimum atomic E-state index is -0.464. The highest BCUT2D eigenvalue weighted by molar-refractivity contribution is 14.1. The van der Waals surface area contributed by atoms with E-state index in [9.17, 15) is 4.79 Å². The fraction of sp³-hybridized carbons (Fsp3) is 0.714. The van der Waals surface area contributed by atoms with E-state index in [0.29, 0.717) is 12.4 Å². The number of amides is 1. The van der Waals surface area contributed by atoms with E-state index in [1.54, 1.807) is 12.0 Å². The van der Waals surface area contributed by atoms with Gasteiger partial charge in [-0.2, -0.15) is 0 Å². The molecule has 1 atom stereocenters. The third-order valence-corrected chi connectivity index (χ3v) is 4.01. The minimum absolute atomic E-state index is 0.170. The molecule has 1 unspecified atom stereocenters. The van der Waals surface area contributed by atoms with Crippen molar-refractivity contribution in [3.05, 3.63) is 9.77 Å². The Kier molecular flexibility index (Phi) is 5.00. The second-order valence-corrected chi connectivity index (χ2v) is 7.35. The largest absolute Gasteiger partial charge is 0.479 e. The molecule has 21 heavy (non-hydrogen) atoms. The lowest BCUT2D eigenvalue weighted by Gasteiger charge is -2.34. The van der Waals surface area contributed by atoms with Crippen LogP contribution in [-0.4, -0.2) is 46.6 Å². The summed E-state index contributed by atoms with van der Waals surface area (Å²) in [6, 6.07) is 0.170. The first kappa shape index (κ1) is 16.4. The zero-order valence-corrected chi connectivity index (χ0v) is 15.1. The number of carbonyl (C=O) groups is 1. The molecule has 1 aromatic rings. The molecule has 2 rings (SSSR count). The van der Waals surface area contributed by atoms with E-state index in [1.165, 1.54) is 0 Å². The molecule has 0 radical (unpaired) electrons.